The van der Waals surface area contributed by atoms with Crippen molar-refractivity contribution in [1.29, 1.82) is 0 Å². The summed E-state index contributed by atoms with van der Waals surface area (Å²) in [6, 6.07) is 1.94. The van der Waals surface area contributed by atoms with Gasteiger partial charge in [0.2, 0.25) is 0 Å². The van der Waals surface area contributed by atoms with Crippen molar-refractivity contribution in [1.82, 2.24) is 20.0 Å². The zero-order chi connectivity index (χ0) is 8.39. The van der Waals surface area contributed by atoms with E-state index < -0.39 is 0 Å². The van der Waals surface area contributed by atoms with Crippen molar-refractivity contribution in [3.8, 4) is 0 Å². The highest BCUT2D eigenvalue weighted by Crippen LogP contribution is 2.07. The van der Waals surface area contributed by atoms with Gasteiger partial charge >= 0.3 is 0 Å². The predicted octanol–water partition coefficient (Wildman–Crippen LogP) is 1.24. The molecule has 0 saturated carbocycles. The average molecular weight is 162 g/mol. The lowest BCUT2D eigenvalue weighted by atomic mass is 10.4. The number of nitrogens with zero attached hydrogens (tertiary/aromatic N) is 4. The Labute approximate surface area is 70.2 Å². The van der Waals surface area contributed by atoms with E-state index in [9.17, 15) is 0 Å². The number of hydrogen-bond donors (Lipinski definition) is 0. The normalized spacial score (nSPS) is 10.8. The summed E-state index contributed by atoms with van der Waals surface area (Å²) in [5.41, 5.74) is 1.93. The standard InChI is InChI=1S/C8H10N4/c1-2-5-12-8-3-4-9-6-7(8)10-11-12/h3-4,6H,2,5H2,1H3. The van der Waals surface area contributed by atoms with Crippen LogP contribution in [0.3, 0.4) is 0 Å². The third kappa shape index (κ3) is 1.05. The van der Waals surface area contributed by atoms with Crippen LogP contribution >= 0.6 is 0 Å². The Morgan fingerprint density at radius 2 is 2.42 bits per heavy atom. The van der Waals surface area contributed by atoms with Crippen molar-refractivity contribution in [2.75, 3.05) is 0 Å². The van der Waals surface area contributed by atoms with E-state index in [0.717, 1.165) is 24.0 Å². The fourth-order valence-electron chi connectivity index (χ4n) is 1.20. The molecule has 0 radical (unpaired) electrons. The van der Waals surface area contributed by atoms with Crippen LogP contribution in [0.4, 0.5) is 0 Å². The van der Waals surface area contributed by atoms with Crippen molar-refractivity contribution < 1.29 is 0 Å². The number of aryl methyl sites for hydroxylation is 1. The van der Waals surface area contributed by atoms with Gasteiger partial charge in [0.05, 0.1) is 11.7 Å². The second-order valence-corrected chi connectivity index (χ2v) is 2.68. The van der Waals surface area contributed by atoms with Gasteiger partial charge in [-0.3, -0.25) is 4.98 Å². The van der Waals surface area contributed by atoms with Gasteiger partial charge in [0.25, 0.3) is 0 Å². The molecule has 0 spiro atoms. The molecule has 0 amide bonds. The smallest absolute Gasteiger partial charge is 0.131 e. The van der Waals surface area contributed by atoms with Crippen molar-refractivity contribution in [2.45, 2.75) is 19.9 Å². The summed E-state index contributed by atoms with van der Waals surface area (Å²) in [5, 5.41) is 8.00. The average Bonchev–Trinajstić information content (AvgIpc) is 2.50. The van der Waals surface area contributed by atoms with Crippen LogP contribution in [-0.4, -0.2) is 20.0 Å². The molecule has 0 bridgehead atoms. The zero-order valence-corrected chi connectivity index (χ0v) is 6.94. The fourth-order valence-corrected chi connectivity index (χ4v) is 1.20. The summed E-state index contributed by atoms with van der Waals surface area (Å²) in [6.07, 6.45) is 4.56. The molecule has 0 aromatic carbocycles. The highest BCUT2D eigenvalue weighted by Gasteiger charge is 2.00. The minimum Gasteiger partial charge on any atom is -0.262 e. The van der Waals surface area contributed by atoms with E-state index in [1.165, 1.54) is 0 Å². The van der Waals surface area contributed by atoms with Crippen LogP contribution in [-0.2, 0) is 6.54 Å². The van der Waals surface area contributed by atoms with Gasteiger partial charge in [-0.1, -0.05) is 12.1 Å². The predicted molar refractivity (Wildman–Crippen MR) is 45.6 cm³/mol. The lowest BCUT2D eigenvalue weighted by molar-refractivity contribution is 0.596. The van der Waals surface area contributed by atoms with Crippen LogP contribution in [0, 0.1) is 0 Å². The van der Waals surface area contributed by atoms with Gasteiger partial charge in [0, 0.05) is 12.7 Å². The van der Waals surface area contributed by atoms with Crippen LogP contribution < -0.4 is 0 Å². The minimum atomic E-state index is 0.867. The number of rotatable bonds is 2. The zero-order valence-electron chi connectivity index (χ0n) is 6.94. The number of pyridine rings is 1. The molecule has 12 heavy (non-hydrogen) atoms. The first kappa shape index (κ1) is 7.21. The number of hydrogen-bond acceptors (Lipinski definition) is 3. The summed E-state index contributed by atoms with van der Waals surface area (Å²) in [4.78, 5) is 3.97. The third-order valence-electron chi connectivity index (χ3n) is 1.75. The molecule has 0 atom stereocenters. The molecule has 2 aromatic rings. The molecule has 4 heteroatoms. The molecule has 0 saturated heterocycles. The summed E-state index contributed by atoms with van der Waals surface area (Å²) < 4.78 is 1.90. The van der Waals surface area contributed by atoms with Crippen molar-refractivity contribution in [3.63, 3.8) is 0 Å². The van der Waals surface area contributed by atoms with E-state index in [1.54, 1.807) is 12.4 Å². The summed E-state index contributed by atoms with van der Waals surface area (Å²) in [7, 11) is 0. The van der Waals surface area contributed by atoms with Crippen molar-refractivity contribution in [2.24, 2.45) is 0 Å². The van der Waals surface area contributed by atoms with Gasteiger partial charge in [-0.05, 0) is 12.5 Å². The molecule has 0 aliphatic carbocycles. The molecule has 2 heterocycles. The molecular weight excluding hydrogens is 152 g/mol. The van der Waals surface area contributed by atoms with Crippen LogP contribution in [0.15, 0.2) is 18.5 Å². The Balaban J connectivity index is 2.55. The van der Waals surface area contributed by atoms with Gasteiger partial charge < -0.3 is 0 Å². The number of fused-ring (bicyclic) bond motifs is 1. The summed E-state index contributed by atoms with van der Waals surface area (Å²) in [5.74, 6) is 0. The molecule has 2 aromatic heterocycles. The van der Waals surface area contributed by atoms with Crippen LogP contribution in [0.2, 0.25) is 0 Å². The second kappa shape index (κ2) is 2.89. The van der Waals surface area contributed by atoms with Crippen molar-refractivity contribution >= 4 is 11.0 Å². The molecule has 0 aliphatic rings. The third-order valence-corrected chi connectivity index (χ3v) is 1.75. The molecule has 4 nitrogen and oxygen atoms in total. The van der Waals surface area contributed by atoms with E-state index in [0.29, 0.717) is 0 Å². The first-order valence-electron chi connectivity index (χ1n) is 4.05. The van der Waals surface area contributed by atoms with E-state index in [1.807, 2.05) is 10.7 Å². The Bertz CT molecular complexity index is 379. The Morgan fingerprint density at radius 1 is 1.50 bits per heavy atom. The molecular formula is C8H10N4. The maximum Gasteiger partial charge on any atom is 0.131 e. The Morgan fingerprint density at radius 3 is 3.25 bits per heavy atom. The van der Waals surface area contributed by atoms with Gasteiger partial charge in [0.1, 0.15) is 5.52 Å². The molecule has 0 unspecified atom stereocenters. The van der Waals surface area contributed by atoms with Gasteiger partial charge in [-0.15, -0.1) is 5.10 Å². The summed E-state index contributed by atoms with van der Waals surface area (Å²) >= 11 is 0. The molecule has 0 fully saturated rings. The van der Waals surface area contributed by atoms with Gasteiger partial charge in [0.15, 0.2) is 0 Å². The van der Waals surface area contributed by atoms with Crippen LogP contribution in [0.1, 0.15) is 13.3 Å². The fraction of sp³-hybridized carbons (Fsp3) is 0.375. The second-order valence-electron chi connectivity index (χ2n) is 2.68. The van der Waals surface area contributed by atoms with Crippen LogP contribution in [0.5, 0.6) is 0 Å². The molecule has 0 aliphatic heterocycles. The number of aromatic nitrogens is 4. The lowest BCUT2D eigenvalue weighted by Gasteiger charge is -1.96. The highest BCUT2D eigenvalue weighted by molar-refractivity contribution is 5.72. The maximum absolute atomic E-state index is 4.01. The van der Waals surface area contributed by atoms with Crippen molar-refractivity contribution in [3.05, 3.63) is 18.5 Å². The maximum atomic E-state index is 4.01. The Kier molecular flexibility index (Phi) is 1.74. The lowest BCUT2D eigenvalue weighted by Crippen LogP contribution is -1.98. The molecule has 0 N–H and O–H groups in total. The summed E-state index contributed by atoms with van der Waals surface area (Å²) in [6.45, 7) is 3.04. The van der Waals surface area contributed by atoms with E-state index in [-0.39, 0.29) is 0 Å². The monoisotopic (exact) mass is 162 g/mol. The quantitative estimate of drug-likeness (QED) is 0.667. The Hall–Kier alpha value is -1.45. The van der Waals surface area contributed by atoms with Crippen LogP contribution in [0.25, 0.3) is 11.0 Å². The first-order valence-corrected chi connectivity index (χ1v) is 4.05. The largest absolute Gasteiger partial charge is 0.262 e. The van der Waals surface area contributed by atoms with E-state index >= 15 is 0 Å². The molecule has 62 valence electrons. The van der Waals surface area contributed by atoms with E-state index in [4.69, 9.17) is 0 Å². The van der Waals surface area contributed by atoms with E-state index in [2.05, 4.69) is 22.2 Å². The SMILES string of the molecule is CCCn1nnc2cnccc21. The van der Waals surface area contributed by atoms with Gasteiger partial charge in [-0.2, -0.15) is 0 Å². The first-order chi connectivity index (χ1) is 5.92. The molecule has 2 rings (SSSR count). The minimum absolute atomic E-state index is 0.867. The highest BCUT2D eigenvalue weighted by atomic mass is 15.4. The van der Waals surface area contributed by atoms with Gasteiger partial charge in [-0.25, -0.2) is 4.68 Å². The topological polar surface area (TPSA) is 43.6 Å².